The summed E-state index contributed by atoms with van der Waals surface area (Å²) in [5.41, 5.74) is 2.41. The highest BCUT2D eigenvalue weighted by Gasteiger charge is 2.27. The molecule has 102 valence electrons. The van der Waals surface area contributed by atoms with Gasteiger partial charge in [-0.1, -0.05) is 5.16 Å². The summed E-state index contributed by atoms with van der Waals surface area (Å²) in [4.78, 5) is 0.118. The Morgan fingerprint density at radius 1 is 1.32 bits per heavy atom. The van der Waals surface area contributed by atoms with Crippen LogP contribution < -0.4 is 4.72 Å². The van der Waals surface area contributed by atoms with Gasteiger partial charge in [-0.3, -0.25) is 4.72 Å². The Morgan fingerprint density at radius 3 is 2.79 bits per heavy atom. The van der Waals surface area contributed by atoms with Crippen molar-refractivity contribution in [2.45, 2.75) is 38.0 Å². The van der Waals surface area contributed by atoms with Crippen LogP contribution in [-0.4, -0.2) is 17.9 Å². The van der Waals surface area contributed by atoms with Crippen LogP contribution in [0.3, 0.4) is 0 Å². The SMILES string of the molecule is Cc1noc(C)c1S(=O)(=O)Nc1snc2c1CCC2. The van der Waals surface area contributed by atoms with Crippen LogP contribution in [0.4, 0.5) is 5.00 Å². The van der Waals surface area contributed by atoms with Gasteiger partial charge in [0.2, 0.25) is 0 Å². The third-order valence-electron chi connectivity index (χ3n) is 3.17. The van der Waals surface area contributed by atoms with Crippen LogP contribution in [0.1, 0.15) is 29.1 Å². The maximum atomic E-state index is 12.4. The average Bonchev–Trinajstić information content (AvgIpc) is 2.97. The van der Waals surface area contributed by atoms with Crippen molar-refractivity contribution in [1.29, 1.82) is 0 Å². The maximum absolute atomic E-state index is 12.4. The zero-order valence-corrected chi connectivity index (χ0v) is 12.2. The molecule has 0 bridgehead atoms. The van der Waals surface area contributed by atoms with Crippen molar-refractivity contribution in [1.82, 2.24) is 9.53 Å². The Bertz CT molecular complexity index is 711. The summed E-state index contributed by atoms with van der Waals surface area (Å²) in [5.74, 6) is 0.297. The quantitative estimate of drug-likeness (QED) is 0.937. The topological polar surface area (TPSA) is 85.1 Å². The Balaban J connectivity index is 1.98. The van der Waals surface area contributed by atoms with Crippen molar-refractivity contribution >= 4 is 26.6 Å². The van der Waals surface area contributed by atoms with Crippen molar-refractivity contribution in [3.05, 3.63) is 22.7 Å². The number of nitrogens with one attached hydrogen (secondary N) is 1. The van der Waals surface area contributed by atoms with Crippen LogP contribution >= 0.6 is 11.5 Å². The van der Waals surface area contributed by atoms with Gasteiger partial charge >= 0.3 is 0 Å². The van der Waals surface area contributed by atoms with Crippen molar-refractivity contribution in [3.63, 3.8) is 0 Å². The van der Waals surface area contributed by atoms with Gasteiger partial charge in [-0.25, -0.2) is 8.42 Å². The molecule has 0 unspecified atom stereocenters. The lowest BCUT2D eigenvalue weighted by atomic mass is 10.3. The molecule has 0 fully saturated rings. The van der Waals surface area contributed by atoms with Gasteiger partial charge in [0, 0.05) is 5.56 Å². The lowest BCUT2D eigenvalue weighted by Gasteiger charge is -2.06. The number of aryl methyl sites for hydroxylation is 3. The van der Waals surface area contributed by atoms with Crippen molar-refractivity contribution < 1.29 is 12.9 Å². The van der Waals surface area contributed by atoms with E-state index in [-0.39, 0.29) is 4.90 Å². The lowest BCUT2D eigenvalue weighted by Crippen LogP contribution is -2.14. The van der Waals surface area contributed by atoms with Crippen LogP contribution in [0.15, 0.2) is 9.42 Å². The molecular formula is C11H13N3O3S2. The fourth-order valence-electron chi connectivity index (χ4n) is 2.34. The summed E-state index contributed by atoms with van der Waals surface area (Å²) in [6, 6.07) is 0. The molecule has 1 N–H and O–H groups in total. The molecule has 2 heterocycles. The number of fused-ring (bicyclic) bond motifs is 1. The molecule has 0 radical (unpaired) electrons. The molecule has 2 aromatic heterocycles. The summed E-state index contributed by atoms with van der Waals surface area (Å²) in [6.45, 7) is 3.20. The number of sulfonamides is 1. The van der Waals surface area contributed by atoms with E-state index in [1.54, 1.807) is 13.8 Å². The molecule has 0 saturated heterocycles. The minimum atomic E-state index is -3.66. The zero-order chi connectivity index (χ0) is 13.6. The molecule has 1 aliphatic carbocycles. The minimum absolute atomic E-state index is 0.118. The fraction of sp³-hybridized carbons (Fsp3) is 0.455. The van der Waals surface area contributed by atoms with E-state index in [0.717, 1.165) is 30.5 Å². The first-order chi connectivity index (χ1) is 8.99. The van der Waals surface area contributed by atoms with Crippen LogP contribution in [0.25, 0.3) is 0 Å². The molecule has 0 saturated carbocycles. The Hall–Kier alpha value is -1.41. The standard InChI is InChI=1S/C11H13N3O3S2/c1-6-10(7(2)17-12-6)19(15,16)14-11-8-4-3-5-9(8)13-18-11/h14H,3-5H2,1-2H3. The van der Waals surface area contributed by atoms with E-state index in [0.29, 0.717) is 16.5 Å². The Labute approximate surface area is 115 Å². The van der Waals surface area contributed by atoms with Gasteiger partial charge in [-0.2, -0.15) is 4.37 Å². The second-order valence-corrected chi connectivity index (χ2v) is 6.94. The summed E-state index contributed by atoms with van der Waals surface area (Å²) in [7, 11) is -3.66. The highest BCUT2D eigenvalue weighted by molar-refractivity contribution is 7.93. The summed E-state index contributed by atoms with van der Waals surface area (Å²) in [6.07, 6.45) is 2.84. The highest BCUT2D eigenvalue weighted by atomic mass is 32.2. The third-order valence-corrected chi connectivity index (χ3v) is 5.74. The smallest absolute Gasteiger partial charge is 0.267 e. The van der Waals surface area contributed by atoms with Crippen LogP contribution in [0.2, 0.25) is 0 Å². The van der Waals surface area contributed by atoms with E-state index in [1.807, 2.05) is 0 Å². The minimum Gasteiger partial charge on any atom is -0.360 e. The fourth-order valence-corrected chi connectivity index (χ4v) is 4.86. The summed E-state index contributed by atoms with van der Waals surface area (Å²) in [5, 5.41) is 4.30. The monoisotopic (exact) mass is 299 g/mol. The van der Waals surface area contributed by atoms with E-state index >= 15 is 0 Å². The molecule has 1 aliphatic rings. The molecular weight excluding hydrogens is 286 g/mol. The van der Waals surface area contributed by atoms with Crippen molar-refractivity contribution in [3.8, 4) is 0 Å². The van der Waals surface area contributed by atoms with Crippen LogP contribution in [0.5, 0.6) is 0 Å². The van der Waals surface area contributed by atoms with Gasteiger partial charge in [-0.15, -0.1) is 0 Å². The van der Waals surface area contributed by atoms with E-state index in [9.17, 15) is 8.42 Å². The van der Waals surface area contributed by atoms with E-state index in [4.69, 9.17) is 4.52 Å². The number of aromatic nitrogens is 2. The molecule has 8 heteroatoms. The van der Waals surface area contributed by atoms with Crippen molar-refractivity contribution in [2.24, 2.45) is 0 Å². The zero-order valence-electron chi connectivity index (χ0n) is 10.6. The van der Waals surface area contributed by atoms with Gasteiger partial charge in [0.15, 0.2) is 10.7 Å². The first-order valence-electron chi connectivity index (χ1n) is 5.92. The molecule has 2 aromatic rings. The van der Waals surface area contributed by atoms with E-state index < -0.39 is 10.0 Å². The number of hydrogen-bond acceptors (Lipinski definition) is 6. The van der Waals surface area contributed by atoms with Gasteiger partial charge in [-0.05, 0) is 44.6 Å². The van der Waals surface area contributed by atoms with E-state index in [1.165, 1.54) is 11.5 Å². The first kappa shape index (κ1) is 12.6. The summed E-state index contributed by atoms with van der Waals surface area (Å²) >= 11 is 1.20. The number of anilines is 1. The number of hydrogen-bond donors (Lipinski definition) is 1. The van der Waals surface area contributed by atoms with Gasteiger partial charge < -0.3 is 4.52 Å². The predicted molar refractivity (Wildman–Crippen MR) is 70.9 cm³/mol. The third kappa shape index (κ3) is 2.04. The highest BCUT2D eigenvalue weighted by Crippen LogP contribution is 2.34. The van der Waals surface area contributed by atoms with E-state index in [2.05, 4.69) is 14.3 Å². The molecule has 19 heavy (non-hydrogen) atoms. The van der Waals surface area contributed by atoms with Gasteiger partial charge in [0.05, 0.1) is 5.69 Å². The molecule has 0 amide bonds. The number of nitrogens with zero attached hydrogens (tertiary/aromatic N) is 2. The lowest BCUT2D eigenvalue weighted by molar-refractivity contribution is 0.390. The second kappa shape index (κ2) is 4.31. The average molecular weight is 299 g/mol. The molecule has 0 atom stereocenters. The Kier molecular flexibility index (Phi) is 2.86. The molecule has 3 rings (SSSR count). The van der Waals surface area contributed by atoms with Crippen molar-refractivity contribution in [2.75, 3.05) is 4.72 Å². The Morgan fingerprint density at radius 2 is 2.11 bits per heavy atom. The largest absolute Gasteiger partial charge is 0.360 e. The molecule has 6 nitrogen and oxygen atoms in total. The normalized spacial score (nSPS) is 14.6. The van der Waals surface area contributed by atoms with Gasteiger partial charge in [0.25, 0.3) is 10.0 Å². The molecule has 0 aromatic carbocycles. The van der Waals surface area contributed by atoms with Crippen LogP contribution in [0, 0.1) is 13.8 Å². The molecule has 0 spiro atoms. The van der Waals surface area contributed by atoms with Crippen LogP contribution in [-0.2, 0) is 22.9 Å². The van der Waals surface area contributed by atoms with Gasteiger partial charge in [0.1, 0.15) is 10.7 Å². The number of rotatable bonds is 3. The second-order valence-electron chi connectivity index (χ2n) is 4.55. The predicted octanol–water partition coefficient (Wildman–Crippen LogP) is 2.04. The molecule has 0 aliphatic heterocycles. The summed E-state index contributed by atoms with van der Waals surface area (Å²) < 4.78 is 36.5. The first-order valence-corrected chi connectivity index (χ1v) is 8.18. The maximum Gasteiger partial charge on any atom is 0.267 e.